The Morgan fingerprint density at radius 1 is 0.702 bits per heavy atom. The molecule has 474 valence electrons. The number of aromatic hydroxyl groups is 1. The summed E-state index contributed by atoms with van der Waals surface area (Å²) in [5.41, 5.74) is 17.8. The van der Waals surface area contributed by atoms with Crippen molar-refractivity contribution in [2.24, 2.45) is 17.2 Å². The van der Waals surface area contributed by atoms with Crippen LogP contribution in [0.2, 0.25) is 0 Å². The van der Waals surface area contributed by atoms with Crippen LogP contribution in [0.15, 0.2) is 24.3 Å². The Morgan fingerprint density at radius 3 is 1.92 bits per heavy atom. The SMILES string of the molecule is CCCCCCCCCC(N)CC(O)CC(CC1CC(=O)NC(CO)C(=O)NC(C(O)c2ccc(O)cc2)C(=O)NC(CC(=O)O)C(=O)NC(CO)C(=O)NCC(=O)NCCC(N)C(=O)NC(CC(N)=O)C(=O)N1)OC1OC[C@@H](O)[C@H](O)[C@H]1O. The second-order valence-electron chi connectivity index (χ2n) is 20.9. The number of hydrogen-bond acceptors (Lipinski definition) is 22. The Labute approximate surface area is 484 Å². The standard InChI is InChI=1S/C52H85N11O21/c1-2-3-4-5-6-7-8-9-27(53)16-30(67)19-31(84-52-45(76)44(75)37(68)25-83-52)17-28-18-39(70)59-36(24-65)50(81)63-42(43(74)26-10-12-29(66)13-11-26)51(82)61-34(21-41(72)73)49(80)62-35(23-64)47(78)57-22-40(71)56-15-14-32(54)46(77)60-33(20-38(55)69)48(79)58-28/h10-13,27-28,30-37,42-45,52,64-68,74-76H,2-9,14-25,53-54H2,1H3,(H2,55,69)(H,56,71)(H,57,78)(H,58,79)(H,59,70)(H,60,77)(H,61,82)(H,62,80)(H,63,81)(H,72,73)/t27?,28?,30?,31?,32?,33?,34?,35?,36?,37-,42?,43?,44+,45-,52?/m1/s1. The zero-order chi connectivity index (χ0) is 62.6. The number of carboxylic acids is 1. The molecule has 1 aromatic carbocycles. The number of rotatable bonds is 24. The maximum absolute atomic E-state index is 14.2. The van der Waals surface area contributed by atoms with Crippen LogP contribution in [0.4, 0.5) is 0 Å². The van der Waals surface area contributed by atoms with Crippen molar-refractivity contribution in [2.75, 3.05) is 32.9 Å². The minimum atomic E-state index is -2.24. The van der Waals surface area contributed by atoms with E-state index < -0.39 is 202 Å². The van der Waals surface area contributed by atoms with Crippen LogP contribution in [-0.2, 0) is 57.4 Å². The van der Waals surface area contributed by atoms with Gasteiger partial charge in [-0.2, -0.15) is 0 Å². The molecule has 1 aromatic rings. The quantitative estimate of drug-likeness (QED) is 0.0428. The summed E-state index contributed by atoms with van der Waals surface area (Å²) in [6, 6.07) is -9.29. The number of primary amides is 1. The van der Waals surface area contributed by atoms with Crippen LogP contribution in [0.1, 0.15) is 115 Å². The number of carbonyl (C=O) groups excluding carboxylic acids is 9. The lowest BCUT2D eigenvalue weighted by Crippen LogP contribution is -2.60. The molecule has 12 unspecified atom stereocenters. The third-order valence-corrected chi connectivity index (χ3v) is 13.8. The molecule has 2 saturated heterocycles. The number of aliphatic hydroxyl groups excluding tert-OH is 7. The minimum absolute atomic E-state index is 0.00117. The van der Waals surface area contributed by atoms with E-state index >= 15 is 0 Å². The molecule has 2 aliphatic heterocycles. The van der Waals surface area contributed by atoms with Gasteiger partial charge in [0, 0.05) is 25.0 Å². The molecule has 0 spiro atoms. The largest absolute Gasteiger partial charge is 0.508 e. The van der Waals surface area contributed by atoms with Crippen LogP contribution in [0.3, 0.4) is 0 Å². The van der Waals surface area contributed by atoms with Crippen molar-refractivity contribution in [2.45, 2.75) is 194 Å². The predicted molar refractivity (Wildman–Crippen MR) is 291 cm³/mol. The Hall–Kier alpha value is -6.72. The van der Waals surface area contributed by atoms with Crippen LogP contribution < -0.4 is 59.7 Å². The lowest BCUT2D eigenvalue weighted by molar-refractivity contribution is -0.285. The fraction of sp³-hybridized carbons (Fsp3) is 0.692. The summed E-state index contributed by atoms with van der Waals surface area (Å²) in [5.74, 6) is -12.9. The minimum Gasteiger partial charge on any atom is -0.508 e. The fourth-order valence-corrected chi connectivity index (χ4v) is 9.07. The third-order valence-electron chi connectivity index (χ3n) is 13.8. The Kier molecular flexibility index (Phi) is 31.4. The van der Waals surface area contributed by atoms with Crippen LogP contribution in [-0.4, -0.2) is 223 Å². The number of benzene rings is 1. The lowest BCUT2D eigenvalue weighted by Gasteiger charge is -2.38. The number of unbranched alkanes of at least 4 members (excludes halogenated alkanes) is 6. The molecule has 2 fully saturated rings. The average Bonchev–Trinajstić information content (AvgIpc) is 3.62. The highest BCUT2D eigenvalue weighted by atomic mass is 16.7. The smallest absolute Gasteiger partial charge is 0.305 e. The van der Waals surface area contributed by atoms with Gasteiger partial charge in [0.1, 0.15) is 60.4 Å². The number of aliphatic carboxylic acids is 1. The van der Waals surface area contributed by atoms with Gasteiger partial charge >= 0.3 is 5.97 Å². The van der Waals surface area contributed by atoms with E-state index in [0.717, 1.165) is 69.2 Å². The van der Waals surface area contributed by atoms with Crippen LogP contribution in [0.5, 0.6) is 5.75 Å². The van der Waals surface area contributed by atoms with Crippen LogP contribution in [0.25, 0.3) is 0 Å². The highest BCUT2D eigenvalue weighted by molar-refractivity contribution is 5.98. The van der Waals surface area contributed by atoms with Crippen molar-refractivity contribution in [1.82, 2.24) is 42.5 Å². The molecule has 2 aliphatic rings. The van der Waals surface area contributed by atoms with Crippen LogP contribution >= 0.6 is 0 Å². The van der Waals surface area contributed by atoms with E-state index in [1.165, 1.54) is 0 Å². The van der Waals surface area contributed by atoms with Gasteiger partial charge in [-0.1, -0.05) is 64.0 Å². The highest BCUT2D eigenvalue weighted by Crippen LogP contribution is 2.25. The number of carbonyl (C=O) groups is 10. The van der Waals surface area contributed by atoms with E-state index in [-0.39, 0.29) is 37.1 Å². The van der Waals surface area contributed by atoms with Crippen molar-refractivity contribution < 1.29 is 103 Å². The molecule has 0 aromatic heterocycles. The molecule has 3 rings (SSSR count). The lowest BCUT2D eigenvalue weighted by atomic mass is 9.95. The number of phenolic OH excluding ortho intramolecular Hbond substituents is 1. The first-order valence-electron chi connectivity index (χ1n) is 27.8. The summed E-state index contributed by atoms with van der Waals surface area (Å²) < 4.78 is 11.6. The number of aliphatic hydroxyl groups is 7. The zero-order valence-electron chi connectivity index (χ0n) is 46.8. The van der Waals surface area contributed by atoms with Gasteiger partial charge in [-0.05, 0) is 49.8 Å². The first-order chi connectivity index (χ1) is 39.8. The Bertz CT molecular complexity index is 2320. The van der Waals surface area contributed by atoms with Gasteiger partial charge in [-0.25, -0.2) is 0 Å². The number of ether oxygens (including phenoxy) is 2. The van der Waals surface area contributed by atoms with E-state index in [4.69, 9.17) is 26.7 Å². The molecule has 15 atom stereocenters. The first kappa shape index (κ1) is 71.5. The predicted octanol–water partition coefficient (Wildman–Crippen LogP) is -7.15. The topological polar surface area (TPSA) is 546 Å². The molecule has 32 nitrogen and oxygen atoms in total. The molecule has 0 saturated carbocycles. The van der Waals surface area contributed by atoms with E-state index in [1.54, 1.807) is 0 Å². The number of hydrogen-bond donors (Lipinski definition) is 20. The molecule has 9 amide bonds. The van der Waals surface area contributed by atoms with E-state index in [0.29, 0.717) is 6.42 Å². The molecular formula is C52H85N11O21. The van der Waals surface area contributed by atoms with Gasteiger partial charge in [0.25, 0.3) is 0 Å². The van der Waals surface area contributed by atoms with E-state index in [2.05, 4.69) is 44.1 Å². The van der Waals surface area contributed by atoms with Gasteiger partial charge in [0.05, 0.1) is 57.5 Å². The van der Waals surface area contributed by atoms with Crippen molar-refractivity contribution in [1.29, 1.82) is 0 Å². The van der Waals surface area contributed by atoms with Crippen molar-refractivity contribution in [3.63, 3.8) is 0 Å². The molecule has 0 radical (unpaired) electrons. The monoisotopic (exact) mass is 1200 g/mol. The average molecular weight is 1200 g/mol. The third kappa shape index (κ3) is 25.2. The van der Waals surface area contributed by atoms with Gasteiger partial charge in [-0.15, -0.1) is 0 Å². The number of amides is 9. The molecule has 2 heterocycles. The Balaban J connectivity index is 2.12. The van der Waals surface area contributed by atoms with Gasteiger partial charge in [0.15, 0.2) is 6.29 Å². The van der Waals surface area contributed by atoms with Gasteiger partial charge < -0.3 is 115 Å². The van der Waals surface area contributed by atoms with Crippen molar-refractivity contribution in [3.05, 3.63) is 29.8 Å². The maximum Gasteiger partial charge on any atom is 0.305 e. The van der Waals surface area contributed by atoms with E-state index in [9.17, 15) is 93.9 Å². The maximum atomic E-state index is 14.2. The second kappa shape index (κ2) is 36.9. The van der Waals surface area contributed by atoms with Crippen LogP contribution in [0, 0.1) is 0 Å². The number of nitrogens with one attached hydrogen (secondary N) is 8. The van der Waals surface area contributed by atoms with Crippen molar-refractivity contribution >= 4 is 59.1 Å². The zero-order valence-corrected chi connectivity index (χ0v) is 46.8. The van der Waals surface area contributed by atoms with E-state index in [1.807, 2.05) is 5.32 Å². The highest BCUT2D eigenvalue weighted by Gasteiger charge is 2.41. The first-order valence-corrected chi connectivity index (χ1v) is 27.8. The molecule has 0 aliphatic carbocycles. The molecule has 23 N–H and O–H groups in total. The Morgan fingerprint density at radius 2 is 1.29 bits per heavy atom. The summed E-state index contributed by atoms with van der Waals surface area (Å²) in [4.78, 5) is 134. The summed E-state index contributed by atoms with van der Waals surface area (Å²) in [5, 5.41) is 112. The molecule has 32 heteroatoms. The number of nitrogens with two attached hydrogens (primary N) is 3. The molecular weight excluding hydrogens is 1110 g/mol. The van der Waals surface area contributed by atoms with Gasteiger partial charge in [0.2, 0.25) is 53.2 Å². The van der Waals surface area contributed by atoms with Gasteiger partial charge in [-0.3, -0.25) is 47.9 Å². The normalized spacial score (nSPS) is 27.6. The van der Waals surface area contributed by atoms with Crippen molar-refractivity contribution in [3.8, 4) is 5.75 Å². The number of phenols is 1. The summed E-state index contributed by atoms with van der Waals surface area (Å²) in [6.45, 7) is -1.95. The molecule has 0 bridgehead atoms. The number of carboxylic acid groups (broad SMARTS) is 1. The second-order valence-corrected chi connectivity index (χ2v) is 20.9. The molecule has 84 heavy (non-hydrogen) atoms. The summed E-state index contributed by atoms with van der Waals surface area (Å²) in [6.07, 6.45) is -8.31. The fourth-order valence-electron chi connectivity index (χ4n) is 9.07. The summed E-state index contributed by atoms with van der Waals surface area (Å²) in [7, 11) is 0. The summed E-state index contributed by atoms with van der Waals surface area (Å²) >= 11 is 0.